The third kappa shape index (κ3) is 2.78. The van der Waals surface area contributed by atoms with E-state index in [1.54, 1.807) is 13.0 Å². The highest BCUT2D eigenvalue weighted by Gasteiger charge is 2.21. The quantitative estimate of drug-likeness (QED) is 0.758. The lowest BCUT2D eigenvalue weighted by Crippen LogP contribution is -2.06. The van der Waals surface area contributed by atoms with E-state index in [2.05, 4.69) is 0 Å². The molecule has 0 spiro atoms. The number of carbonyl (C=O) groups excluding carboxylic acids is 1. The van der Waals surface area contributed by atoms with Crippen molar-refractivity contribution in [2.24, 2.45) is 0 Å². The third-order valence-corrected chi connectivity index (χ3v) is 2.15. The third-order valence-electron chi connectivity index (χ3n) is 2.15. The molecule has 0 atom stereocenters. The molecule has 3 nitrogen and oxygen atoms in total. The van der Waals surface area contributed by atoms with Crippen molar-refractivity contribution in [2.45, 2.75) is 20.3 Å². The van der Waals surface area contributed by atoms with Gasteiger partial charge in [-0.15, -0.1) is 0 Å². The van der Waals surface area contributed by atoms with Crippen LogP contribution in [0.25, 0.3) is 0 Å². The van der Waals surface area contributed by atoms with Crippen LogP contribution in [-0.2, 0) is 0 Å². The minimum Gasteiger partial charge on any atom is -0.493 e. The summed E-state index contributed by atoms with van der Waals surface area (Å²) in [5.41, 5.74) is -0.561. The maximum absolute atomic E-state index is 12.8. The molecule has 0 radical (unpaired) electrons. The molecule has 0 N–H and O–H groups in total. The number of ketones is 1. The molecule has 0 saturated carbocycles. The first-order chi connectivity index (χ1) is 8.01. The van der Waals surface area contributed by atoms with Crippen molar-refractivity contribution in [1.82, 2.24) is 0 Å². The van der Waals surface area contributed by atoms with Gasteiger partial charge >= 0.3 is 0 Å². The molecular formula is C12H11F2NO2. The van der Waals surface area contributed by atoms with Crippen molar-refractivity contribution in [3.63, 3.8) is 0 Å². The zero-order valence-corrected chi connectivity index (χ0v) is 9.46. The van der Waals surface area contributed by atoms with Crippen LogP contribution >= 0.6 is 0 Å². The number of alkyl halides is 2. The Balaban J connectivity index is 3.50. The highest BCUT2D eigenvalue weighted by molar-refractivity contribution is 5.98. The SMILES string of the molecule is CCOc1cc(C#N)cc(C(F)F)c1C(C)=O. The highest BCUT2D eigenvalue weighted by Crippen LogP contribution is 2.32. The second kappa shape index (κ2) is 5.39. The van der Waals surface area contributed by atoms with Gasteiger partial charge in [0.25, 0.3) is 6.43 Å². The molecule has 5 heteroatoms. The number of nitriles is 1. The van der Waals surface area contributed by atoms with Gasteiger partial charge in [-0.05, 0) is 26.0 Å². The number of rotatable bonds is 4. The van der Waals surface area contributed by atoms with Crippen LogP contribution in [0.5, 0.6) is 5.75 Å². The molecule has 0 aliphatic rings. The first-order valence-electron chi connectivity index (χ1n) is 5.01. The van der Waals surface area contributed by atoms with Gasteiger partial charge in [0.1, 0.15) is 5.75 Å². The molecular weight excluding hydrogens is 228 g/mol. The first-order valence-corrected chi connectivity index (χ1v) is 5.01. The van der Waals surface area contributed by atoms with E-state index in [0.717, 1.165) is 6.07 Å². The number of nitrogens with zero attached hydrogens (tertiary/aromatic N) is 1. The van der Waals surface area contributed by atoms with Crippen LogP contribution < -0.4 is 4.74 Å². The van der Waals surface area contributed by atoms with Gasteiger partial charge in [-0.3, -0.25) is 4.79 Å². The monoisotopic (exact) mass is 239 g/mol. The Kier molecular flexibility index (Phi) is 4.16. The van der Waals surface area contributed by atoms with Crippen LogP contribution in [-0.4, -0.2) is 12.4 Å². The van der Waals surface area contributed by atoms with Gasteiger partial charge in [0.05, 0.1) is 23.8 Å². The molecule has 0 unspecified atom stereocenters. The van der Waals surface area contributed by atoms with Crippen molar-refractivity contribution >= 4 is 5.78 Å². The Morgan fingerprint density at radius 3 is 2.59 bits per heavy atom. The van der Waals surface area contributed by atoms with Gasteiger partial charge in [0, 0.05) is 5.56 Å². The van der Waals surface area contributed by atoms with Gasteiger partial charge in [0.15, 0.2) is 5.78 Å². The molecule has 1 rings (SSSR count). The minimum absolute atomic E-state index is 0.0364. The molecule has 1 aromatic carbocycles. The van der Waals surface area contributed by atoms with Crippen molar-refractivity contribution < 1.29 is 18.3 Å². The van der Waals surface area contributed by atoms with E-state index < -0.39 is 17.8 Å². The Morgan fingerprint density at radius 2 is 2.18 bits per heavy atom. The molecule has 0 amide bonds. The van der Waals surface area contributed by atoms with Crippen molar-refractivity contribution in [3.05, 3.63) is 28.8 Å². The number of hydrogen-bond donors (Lipinski definition) is 0. The second-order valence-electron chi connectivity index (χ2n) is 3.34. The summed E-state index contributed by atoms with van der Waals surface area (Å²) < 4.78 is 30.7. The maximum atomic E-state index is 12.8. The fourth-order valence-electron chi connectivity index (χ4n) is 1.52. The zero-order valence-electron chi connectivity index (χ0n) is 9.46. The van der Waals surface area contributed by atoms with Crippen LogP contribution in [0.2, 0.25) is 0 Å². The van der Waals surface area contributed by atoms with Crippen LogP contribution in [0.15, 0.2) is 12.1 Å². The Labute approximate surface area is 97.6 Å². The summed E-state index contributed by atoms with van der Waals surface area (Å²) in [6.45, 7) is 3.10. The average Bonchev–Trinajstić information content (AvgIpc) is 2.27. The Morgan fingerprint density at radius 1 is 1.53 bits per heavy atom. The molecule has 17 heavy (non-hydrogen) atoms. The predicted octanol–water partition coefficient (Wildman–Crippen LogP) is 3.10. The van der Waals surface area contributed by atoms with Crippen molar-refractivity contribution in [2.75, 3.05) is 6.61 Å². The number of carbonyl (C=O) groups is 1. The molecule has 0 fully saturated rings. The second-order valence-corrected chi connectivity index (χ2v) is 3.34. The van der Waals surface area contributed by atoms with Crippen LogP contribution in [0.3, 0.4) is 0 Å². The smallest absolute Gasteiger partial charge is 0.264 e. The molecule has 0 aliphatic heterocycles. The Hall–Kier alpha value is -1.96. The topological polar surface area (TPSA) is 50.1 Å². The highest BCUT2D eigenvalue weighted by atomic mass is 19.3. The summed E-state index contributed by atoms with van der Waals surface area (Å²) in [6, 6.07) is 4.08. The summed E-state index contributed by atoms with van der Waals surface area (Å²) >= 11 is 0. The molecule has 90 valence electrons. The first kappa shape index (κ1) is 13.1. The lowest BCUT2D eigenvalue weighted by atomic mass is 10.0. The number of benzene rings is 1. The van der Waals surface area contributed by atoms with E-state index >= 15 is 0 Å². The summed E-state index contributed by atoms with van der Waals surface area (Å²) in [6.07, 6.45) is -2.82. The van der Waals surface area contributed by atoms with Gasteiger partial charge in [0.2, 0.25) is 0 Å². The molecule has 0 aliphatic carbocycles. The van der Waals surface area contributed by atoms with Crippen molar-refractivity contribution in [1.29, 1.82) is 5.26 Å². The number of halogens is 2. The molecule has 0 bridgehead atoms. The fourth-order valence-corrected chi connectivity index (χ4v) is 1.52. The number of ether oxygens (including phenoxy) is 1. The molecule has 0 aromatic heterocycles. The lowest BCUT2D eigenvalue weighted by Gasteiger charge is -2.13. The van der Waals surface area contributed by atoms with Crippen LogP contribution in [0, 0.1) is 11.3 Å². The summed E-state index contributed by atoms with van der Waals surface area (Å²) in [4.78, 5) is 11.4. The molecule has 1 aromatic rings. The van der Waals surface area contributed by atoms with E-state index in [9.17, 15) is 13.6 Å². The summed E-state index contributed by atoms with van der Waals surface area (Å²) in [7, 11) is 0. The van der Waals surface area contributed by atoms with E-state index in [1.165, 1.54) is 13.0 Å². The normalized spacial score (nSPS) is 10.1. The zero-order chi connectivity index (χ0) is 13.0. The average molecular weight is 239 g/mol. The minimum atomic E-state index is -2.82. The lowest BCUT2D eigenvalue weighted by molar-refractivity contribution is 0.0994. The maximum Gasteiger partial charge on any atom is 0.264 e. The van der Waals surface area contributed by atoms with E-state index in [4.69, 9.17) is 10.00 Å². The van der Waals surface area contributed by atoms with E-state index in [-0.39, 0.29) is 23.5 Å². The van der Waals surface area contributed by atoms with Crippen molar-refractivity contribution in [3.8, 4) is 11.8 Å². The fraction of sp³-hybridized carbons (Fsp3) is 0.333. The molecule has 0 heterocycles. The van der Waals surface area contributed by atoms with Gasteiger partial charge in [-0.2, -0.15) is 5.26 Å². The number of hydrogen-bond acceptors (Lipinski definition) is 3. The van der Waals surface area contributed by atoms with E-state index in [0.29, 0.717) is 0 Å². The van der Waals surface area contributed by atoms with Crippen LogP contribution in [0.4, 0.5) is 8.78 Å². The van der Waals surface area contributed by atoms with E-state index in [1.807, 2.05) is 0 Å². The summed E-state index contributed by atoms with van der Waals surface area (Å²) in [5, 5.41) is 8.73. The standard InChI is InChI=1S/C12H11F2NO2/c1-3-17-10-5-8(6-15)4-9(12(13)14)11(10)7(2)16/h4-5,12H,3H2,1-2H3. The predicted molar refractivity (Wildman–Crippen MR) is 57.3 cm³/mol. The van der Waals surface area contributed by atoms with Crippen LogP contribution in [0.1, 0.15) is 41.8 Å². The number of Topliss-reactive ketones (excluding diaryl/α,β-unsaturated/α-hetero) is 1. The largest absolute Gasteiger partial charge is 0.493 e. The Bertz CT molecular complexity index is 478. The van der Waals surface area contributed by atoms with Gasteiger partial charge in [-0.1, -0.05) is 0 Å². The van der Waals surface area contributed by atoms with Gasteiger partial charge < -0.3 is 4.74 Å². The van der Waals surface area contributed by atoms with Gasteiger partial charge in [-0.25, -0.2) is 8.78 Å². The summed E-state index contributed by atoms with van der Waals surface area (Å²) in [5.74, 6) is -0.470. The molecule has 0 saturated heterocycles.